The molecule has 5 nitrogen and oxygen atoms in total. The fourth-order valence-electron chi connectivity index (χ4n) is 1.79. The quantitative estimate of drug-likeness (QED) is 0.574. The largest absolute Gasteiger partial charge is 0.465 e. The second kappa shape index (κ2) is 8.12. The molecule has 0 spiro atoms. The summed E-state index contributed by atoms with van der Waals surface area (Å²) >= 11 is 0. The molecule has 0 fully saturated rings. The molecule has 20 heavy (non-hydrogen) atoms. The summed E-state index contributed by atoms with van der Waals surface area (Å²) in [4.78, 5) is 24.4. The zero-order chi connectivity index (χ0) is 15.0. The molecule has 0 radical (unpaired) electrons. The Labute approximate surface area is 119 Å². The Balaban J connectivity index is 2.66. The van der Waals surface area contributed by atoms with Crippen molar-refractivity contribution in [3.05, 3.63) is 48.0 Å². The average molecular weight is 276 g/mol. The van der Waals surface area contributed by atoms with Crippen LogP contribution in [-0.2, 0) is 16.1 Å². The van der Waals surface area contributed by atoms with E-state index in [-0.39, 0.29) is 12.5 Å². The molecule has 108 valence electrons. The molecule has 0 atom stereocenters. The SMILES string of the molecule is C=CCN(CC(=O)OCC)Cc1ccc(C(N)=O)cc1. The number of hydrogen-bond donors (Lipinski definition) is 1. The van der Waals surface area contributed by atoms with Crippen LogP contribution in [0.5, 0.6) is 0 Å². The highest BCUT2D eigenvalue weighted by Crippen LogP contribution is 2.07. The molecule has 0 unspecified atom stereocenters. The number of amides is 1. The fraction of sp³-hybridized carbons (Fsp3) is 0.333. The molecule has 1 rings (SSSR count). The summed E-state index contributed by atoms with van der Waals surface area (Å²) in [6.45, 7) is 7.18. The number of esters is 1. The first-order valence-electron chi connectivity index (χ1n) is 6.44. The fourth-order valence-corrected chi connectivity index (χ4v) is 1.79. The molecule has 0 aliphatic heterocycles. The Morgan fingerprint density at radius 2 is 2.00 bits per heavy atom. The maximum absolute atomic E-state index is 11.5. The Kier molecular flexibility index (Phi) is 6.46. The first kappa shape index (κ1) is 15.9. The molecule has 5 heteroatoms. The first-order valence-corrected chi connectivity index (χ1v) is 6.44. The van der Waals surface area contributed by atoms with Crippen molar-refractivity contribution in [2.24, 2.45) is 5.73 Å². The molecule has 0 aliphatic rings. The van der Waals surface area contributed by atoms with Gasteiger partial charge in [0, 0.05) is 18.7 Å². The van der Waals surface area contributed by atoms with Crippen molar-refractivity contribution in [1.82, 2.24) is 4.90 Å². The summed E-state index contributed by atoms with van der Waals surface area (Å²) in [5.74, 6) is -0.714. The van der Waals surface area contributed by atoms with E-state index in [1.165, 1.54) is 0 Å². The summed E-state index contributed by atoms with van der Waals surface area (Å²) in [7, 11) is 0. The summed E-state index contributed by atoms with van der Waals surface area (Å²) in [6.07, 6.45) is 1.73. The number of rotatable bonds is 8. The molecule has 0 bridgehead atoms. The van der Waals surface area contributed by atoms with Crippen molar-refractivity contribution >= 4 is 11.9 Å². The number of hydrogen-bond acceptors (Lipinski definition) is 4. The third-order valence-electron chi connectivity index (χ3n) is 2.69. The van der Waals surface area contributed by atoms with Gasteiger partial charge in [0.1, 0.15) is 0 Å². The van der Waals surface area contributed by atoms with Crippen LogP contribution in [-0.4, -0.2) is 36.5 Å². The summed E-state index contributed by atoms with van der Waals surface area (Å²) in [6, 6.07) is 6.99. The van der Waals surface area contributed by atoms with Crippen molar-refractivity contribution in [3.63, 3.8) is 0 Å². The second-order valence-electron chi connectivity index (χ2n) is 4.32. The van der Waals surface area contributed by atoms with E-state index in [1.807, 2.05) is 17.0 Å². The molecule has 0 saturated heterocycles. The van der Waals surface area contributed by atoms with Crippen LogP contribution in [0.2, 0.25) is 0 Å². The number of carbonyl (C=O) groups is 2. The lowest BCUT2D eigenvalue weighted by Crippen LogP contribution is -2.30. The van der Waals surface area contributed by atoms with Gasteiger partial charge in [-0.2, -0.15) is 0 Å². The minimum atomic E-state index is -0.453. The predicted molar refractivity (Wildman–Crippen MR) is 77.1 cm³/mol. The van der Waals surface area contributed by atoms with Gasteiger partial charge in [-0.3, -0.25) is 14.5 Å². The topological polar surface area (TPSA) is 72.6 Å². The van der Waals surface area contributed by atoms with Gasteiger partial charge in [-0.05, 0) is 24.6 Å². The Hall–Kier alpha value is -2.14. The molecule has 0 aliphatic carbocycles. The molecule has 0 saturated carbocycles. The highest BCUT2D eigenvalue weighted by Gasteiger charge is 2.11. The molecule has 1 amide bonds. The molecule has 1 aromatic rings. The van der Waals surface area contributed by atoms with Gasteiger partial charge in [-0.15, -0.1) is 6.58 Å². The van der Waals surface area contributed by atoms with Gasteiger partial charge < -0.3 is 10.5 Å². The van der Waals surface area contributed by atoms with Crippen LogP contribution >= 0.6 is 0 Å². The molecule has 2 N–H and O–H groups in total. The standard InChI is InChI=1S/C15H20N2O3/c1-3-9-17(11-14(18)20-4-2)10-12-5-7-13(8-6-12)15(16)19/h3,5-8H,1,4,9-11H2,2H3,(H2,16,19). The lowest BCUT2D eigenvalue weighted by atomic mass is 10.1. The van der Waals surface area contributed by atoms with Crippen LogP contribution in [0.3, 0.4) is 0 Å². The third-order valence-corrected chi connectivity index (χ3v) is 2.69. The monoisotopic (exact) mass is 276 g/mol. The lowest BCUT2D eigenvalue weighted by molar-refractivity contribution is -0.144. The lowest BCUT2D eigenvalue weighted by Gasteiger charge is -2.19. The van der Waals surface area contributed by atoms with Crippen LogP contribution in [0, 0.1) is 0 Å². The van der Waals surface area contributed by atoms with Gasteiger partial charge in [0.2, 0.25) is 5.91 Å². The summed E-state index contributed by atoms with van der Waals surface area (Å²) in [5, 5.41) is 0. The van der Waals surface area contributed by atoms with E-state index in [0.29, 0.717) is 25.3 Å². The minimum absolute atomic E-state index is 0.206. The van der Waals surface area contributed by atoms with Gasteiger partial charge in [0.25, 0.3) is 0 Å². The van der Waals surface area contributed by atoms with Crippen LogP contribution in [0.1, 0.15) is 22.8 Å². The highest BCUT2D eigenvalue weighted by molar-refractivity contribution is 5.92. The number of ether oxygens (including phenoxy) is 1. The van der Waals surface area contributed by atoms with Crippen LogP contribution < -0.4 is 5.73 Å². The van der Waals surface area contributed by atoms with E-state index in [4.69, 9.17) is 10.5 Å². The van der Waals surface area contributed by atoms with Crippen molar-refractivity contribution in [1.29, 1.82) is 0 Å². The average Bonchev–Trinajstić information content (AvgIpc) is 2.39. The molecule has 0 heterocycles. The number of benzene rings is 1. The van der Waals surface area contributed by atoms with E-state index < -0.39 is 5.91 Å². The zero-order valence-corrected chi connectivity index (χ0v) is 11.7. The van der Waals surface area contributed by atoms with Gasteiger partial charge in [-0.1, -0.05) is 18.2 Å². The molecular formula is C15H20N2O3. The van der Waals surface area contributed by atoms with Crippen molar-refractivity contribution in [3.8, 4) is 0 Å². The third kappa shape index (κ3) is 5.24. The molecule has 0 aromatic heterocycles. The van der Waals surface area contributed by atoms with E-state index in [0.717, 1.165) is 5.56 Å². The maximum Gasteiger partial charge on any atom is 0.320 e. The Bertz CT molecular complexity index is 469. The highest BCUT2D eigenvalue weighted by atomic mass is 16.5. The number of primary amides is 1. The van der Waals surface area contributed by atoms with E-state index in [2.05, 4.69) is 6.58 Å². The van der Waals surface area contributed by atoms with Gasteiger partial charge in [0.05, 0.1) is 13.2 Å². The normalized spacial score (nSPS) is 10.3. The van der Waals surface area contributed by atoms with E-state index in [1.54, 1.807) is 25.1 Å². The van der Waals surface area contributed by atoms with Crippen LogP contribution in [0.15, 0.2) is 36.9 Å². The van der Waals surface area contributed by atoms with Gasteiger partial charge in [-0.25, -0.2) is 0 Å². The Morgan fingerprint density at radius 3 is 2.50 bits per heavy atom. The van der Waals surface area contributed by atoms with Crippen molar-refractivity contribution < 1.29 is 14.3 Å². The Morgan fingerprint density at radius 1 is 1.35 bits per heavy atom. The van der Waals surface area contributed by atoms with Crippen molar-refractivity contribution in [2.45, 2.75) is 13.5 Å². The maximum atomic E-state index is 11.5. The van der Waals surface area contributed by atoms with Gasteiger partial charge >= 0.3 is 5.97 Å². The zero-order valence-electron chi connectivity index (χ0n) is 11.7. The first-order chi connectivity index (χ1) is 9.56. The molecule has 1 aromatic carbocycles. The van der Waals surface area contributed by atoms with E-state index in [9.17, 15) is 9.59 Å². The van der Waals surface area contributed by atoms with Gasteiger partial charge in [0.15, 0.2) is 0 Å². The summed E-state index contributed by atoms with van der Waals surface area (Å²) in [5.41, 5.74) is 6.64. The predicted octanol–water partition coefficient (Wildman–Crippen LogP) is 1.34. The van der Waals surface area contributed by atoms with E-state index >= 15 is 0 Å². The van der Waals surface area contributed by atoms with Crippen LogP contribution in [0.25, 0.3) is 0 Å². The smallest absolute Gasteiger partial charge is 0.320 e. The number of nitrogens with zero attached hydrogens (tertiary/aromatic N) is 1. The number of carbonyl (C=O) groups excluding carboxylic acids is 2. The second-order valence-corrected chi connectivity index (χ2v) is 4.32. The number of nitrogens with two attached hydrogens (primary N) is 1. The van der Waals surface area contributed by atoms with Crippen LogP contribution in [0.4, 0.5) is 0 Å². The minimum Gasteiger partial charge on any atom is -0.465 e. The summed E-state index contributed by atoms with van der Waals surface area (Å²) < 4.78 is 4.93. The van der Waals surface area contributed by atoms with Crippen molar-refractivity contribution in [2.75, 3.05) is 19.7 Å². The molecular weight excluding hydrogens is 256 g/mol.